The molecule has 1 aliphatic rings. The molecule has 20 heavy (non-hydrogen) atoms. The fraction of sp³-hybridized carbons (Fsp3) is 0.353. The van der Waals surface area contributed by atoms with Crippen LogP contribution in [0.5, 0.6) is 0 Å². The summed E-state index contributed by atoms with van der Waals surface area (Å²) >= 11 is 0. The van der Waals surface area contributed by atoms with Crippen molar-refractivity contribution in [1.82, 2.24) is 9.47 Å². The Kier molecular flexibility index (Phi) is 3.86. The van der Waals surface area contributed by atoms with Crippen LogP contribution in [-0.2, 0) is 4.79 Å². The minimum absolute atomic E-state index is 0.0966. The van der Waals surface area contributed by atoms with Crippen LogP contribution in [0, 0.1) is 0 Å². The van der Waals surface area contributed by atoms with E-state index in [0.29, 0.717) is 6.42 Å². The van der Waals surface area contributed by atoms with Gasteiger partial charge in [-0.05, 0) is 30.5 Å². The Hall–Kier alpha value is -2.03. The lowest BCUT2D eigenvalue weighted by atomic mass is 10.0. The lowest BCUT2D eigenvalue weighted by Crippen LogP contribution is -2.30. The summed E-state index contributed by atoms with van der Waals surface area (Å²) in [5.74, 6) is 0.269. The molecular formula is C17H20N2O. The maximum atomic E-state index is 12.4. The van der Waals surface area contributed by atoms with Crippen molar-refractivity contribution in [3.63, 3.8) is 0 Å². The van der Waals surface area contributed by atoms with Crippen LogP contribution in [-0.4, -0.2) is 28.5 Å². The van der Waals surface area contributed by atoms with E-state index in [4.69, 9.17) is 0 Å². The minimum Gasteiger partial charge on any atom is -0.346 e. The Bertz CT molecular complexity index is 542. The molecule has 1 aliphatic heterocycles. The zero-order valence-corrected chi connectivity index (χ0v) is 11.6. The van der Waals surface area contributed by atoms with Crippen LogP contribution in [0.3, 0.4) is 0 Å². The van der Waals surface area contributed by atoms with Crippen molar-refractivity contribution in [2.24, 2.45) is 0 Å². The van der Waals surface area contributed by atoms with Crippen molar-refractivity contribution in [2.45, 2.75) is 25.3 Å². The Morgan fingerprint density at radius 2 is 1.65 bits per heavy atom. The third kappa shape index (κ3) is 2.77. The van der Waals surface area contributed by atoms with Gasteiger partial charge < -0.3 is 9.47 Å². The molecule has 0 aliphatic carbocycles. The van der Waals surface area contributed by atoms with Gasteiger partial charge in [0, 0.05) is 25.5 Å². The number of amides is 1. The predicted molar refractivity (Wildman–Crippen MR) is 79.4 cm³/mol. The molecule has 0 bridgehead atoms. The number of benzene rings is 1. The lowest BCUT2D eigenvalue weighted by molar-refractivity contribution is -0.130. The van der Waals surface area contributed by atoms with E-state index in [1.54, 1.807) is 0 Å². The topological polar surface area (TPSA) is 25.2 Å². The van der Waals surface area contributed by atoms with Crippen molar-refractivity contribution in [1.29, 1.82) is 0 Å². The molecule has 3 heteroatoms. The molecule has 0 saturated carbocycles. The minimum atomic E-state index is 0.0966. The summed E-state index contributed by atoms with van der Waals surface area (Å²) in [4.78, 5) is 14.4. The second kappa shape index (κ2) is 5.95. The van der Waals surface area contributed by atoms with E-state index in [2.05, 4.69) is 16.7 Å². The summed E-state index contributed by atoms with van der Waals surface area (Å²) in [5, 5.41) is 0. The van der Waals surface area contributed by atoms with Gasteiger partial charge in [-0.15, -0.1) is 0 Å². The molecular weight excluding hydrogens is 248 g/mol. The van der Waals surface area contributed by atoms with Crippen LogP contribution in [0.1, 0.15) is 30.9 Å². The number of carbonyl (C=O) groups is 1. The van der Waals surface area contributed by atoms with Gasteiger partial charge in [0.25, 0.3) is 0 Å². The van der Waals surface area contributed by atoms with Crippen molar-refractivity contribution < 1.29 is 4.79 Å². The predicted octanol–water partition coefficient (Wildman–Crippen LogP) is 3.09. The quantitative estimate of drug-likeness (QED) is 0.836. The molecule has 1 aromatic heterocycles. The van der Waals surface area contributed by atoms with Gasteiger partial charge in [0.2, 0.25) is 5.91 Å². The highest BCUT2D eigenvalue weighted by Gasteiger charge is 2.23. The Morgan fingerprint density at radius 3 is 2.30 bits per heavy atom. The van der Waals surface area contributed by atoms with E-state index >= 15 is 0 Å². The van der Waals surface area contributed by atoms with Crippen LogP contribution < -0.4 is 0 Å². The second-order valence-corrected chi connectivity index (χ2v) is 5.35. The molecule has 3 nitrogen and oxygen atoms in total. The van der Waals surface area contributed by atoms with Crippen molar-refractivity contribution in [2.75, 3.05) is 13.1 Å². The van der Waals surface area contributed by atoms with Crippen molar-refractivity contribution in [3.8, 4) is 0 Å². The highest BCUT2D eigenvalue weighted by atomic mass is 16.2. The van der Waals surface area contributed by atoms with Gasteiger partial charge in [0.05, 0.1) is 12.5 Å². The molecule has 2 aromatic rings. The van der Waals surface area contributed by atoms with E-state index in [1.807, 2.05) is 47.6 Å². The second-order valence-electron chi connectivity index (χ2n) is 5.35. The molecule has 0 spiro atoms. The molecule has 3 rings (SSSR count). The molecule has 1 amide bonds. The van der Waals surface area contributed by atoms with Crippen LogP contribution in [0.2, 0.25) is 0 Å². The van der Waals surface area contributed by atoms with Gasteiger partial charge in [-0.1, -0.05) is 30.3 Å². The van der Waals surface area contributed by atoms with Gasteiger partial charge >= 0.3 is 0 Å². The Morgan fingerprint density at radius 1 is 1.00 bits per heavy atom. The first kappa shape index (κ1) is 13.0. The number of likely N-dealkylation sites (tertiary alicyclic amines) is 1. The molecule has 1 atom stereocenters. The summed E-state index contributed by atoms with van der Waals surface area (Å²) in [5.41, 5.74) is 1.19. The number of nitrogens with zero attached hydrogens (tertiary/aromatic N) is 2. The first-order valence-corrected chi connectivity index (χ1v) is 7.30. The van der Waals surface area contributed by atoms with E-state index in [-0.39, 0.29) is 11.9 Å². The molecule has 0 radical (unpaired) electrons. The third-order valence-corrected chi connectivity index (χ3v) is 4.00. The number of rotatable bonds is 4. The van der Waals surface area contributed by atoms with Crippen molar-refractivity contribution >= 4 is 5.91 Å². The van der Waals surface area contributed by atoms with Crippen LogP contribution in [0.25, 0.3) is 0 Å². The van der Waals surface area contributed by atoms with E-state index in [0.717, 1.165) is 25.9 Å². The molecule has 1 unspecified atom stereocenters. The largest absolute Gasteiger partial charge is 0.346 e. The maximum Gasteiger partial charge on any atom is 0.225 e. The van der Waals surface area contributed by atoms with Gasteiger partial charge in [-0.3, -0.25) is 4.79 Å². The fourth-order valence-electron chi connectivity index (χ4n) is 2.89. The van der Waals surface area contributed by atoms with Crippen LogP contribution in [0.15, 0.2) is 54.9 Å². The average Bonchev–Trinajstić information content (AvgIpc) is 3.18. The number of aromatic nitrogens is 1. The van der Waals surface area contributed by atoms with Gasteiger partial charge in [-0.2, -0.15) is 0 Å². The standard InChI is InChI=1S/C17H20N2O/c20-17(19-12-6-7-13-19)14-16(18-10-4-5-11-18)15-8-2-1-3-9-15/h1-5,8-11,16H,6-7,12-14H2. The molecule has 0 N–H and O–H groups in total. The third-order valence-electron chi connectivity index (χ3n) is 4.00. The fourth-order valence-corrected chi connectivity index (χ4v) is 2.89. The van der Waals surface area contributed by atoms with E-state index in [1.165, 1.54) is 5.56 Å². The number of hydrogen-bond acceptors (Lipinski definition) is 1. The first-order chi connectivity index (χ1) is 9.84. The zero-order valence-electron chi connectivity index (χ0n) is 11.6. The van der Waals surface area contributed by atoms with Crippen LogP contribution >= 0.6 is 0 Å². The Balaban J connectivity index is 1.81. The molecule has 2 heterocycles. The zero-order chi connectivity index (χ0) is 13.8. The highest BCUT2D eigenvalue weighted by molar-refractivity contribution is 5.77. The van der Waals surface area contributed by atoms with Crippen LogP contribution in [0.4, 0.5) is 0 Å². The summed E-state index contributed by atoms with van der Waals surface area (Å²) in [6, 6.07) is 14.4. The van der Waals surface area contributed by atoms with E-state index in [9.17, 15) is 4.79 Å². The summed E-state index contributed by atoms with van der Waals surface area (Å²) in [6.07, 6.45) is 6.90. The average molecular weight is 268 g/mol. The smallest absolute Gasteiger partial charge is 0.225 e. The molecule has 1 aromatic carbocycles. The SMILES string of the molecule is O=C(CC(c1ccccc1)n1cccc1)N1CCCC1. The van der Waals surface area contributed by atoms with E-state index < -0.39 is 0 Å². The maximum absolute atomic E-state index is 12.4. The summed E-state index contributed by atoms with van der Waals surface area (Å²) < 4.78 is 2.13. The summed E-state index contributed by atoms with van der Waals surface area (Å²) in [7, 11) is 0. The van der Waals surface area contributed by atoms with Gasteiger partial charge in [0.15, 0.2) is 0 Å². The van der Waals surface area contributed by atoms with Crippen molar-refractivity contribution in [3.05, 3.63) is 60.4 Å². The van der Waals surface area contributed by atoms with Gasteiger partial charge in [0.1, 0.15) is 0 Å². The monoisotopic (exact) mass is 268 g/mol. The number of hydrogen-bond donors (Lipinski definition) is 0. The Labute approximate surface area is 119 Å². The molecule has 1 fully saturated rings. The molecule has 1 saturated heterocycles. The number of carbonyl (C=O) groups excluding carboxylic acids is 1. The highest BCUT2D eigenvalue weighted by Crippen LogP contribution is 2.24. The lowest BCUT2D eigenvalue weighted by Gasteiger charge is -2.22. The summed E-state index contributed by atoms with van der Waals surface area (Å²) in [6.45, 7) is 1.85. The first-order valence-electron chi connectivity index (χ1n) is 7.30. The molecule has 104 valence electrons. The van der Waals surface area contributed by atoms with Gasteiger partial charge in [-0.25, -0.2) is 0 Å². The normalized spacial score (nSPS) is 16.3.